The van der Waals surface area contributed by atoms with Crippen molar-refractivity contribution in [3.05, 3.63) is 11.6 Å². The summed E-state index contributed by atoms with van der Waals surface area (Å²) in [6.07, 6.45) is 5.18. The Morgan fingerprint density at radius 2 is 1.93 bits per heavy atom. The fraction of sp³-hybridized carbons (Fsp3) is 0.769. The average molecular weight is 212 g/mol. The van der Waals surface area contributed by atoms with Gasteiger partial charge in [-0.15, -0.1) is 0 Å². The standard InChI is InChI=1S/C13H24O2/c1-6-7-8-12(5)15-13(14)11(4)9-10(2)3/h9-10,12H,6-8H2,1-5H3/b11-9+. The highest BCUT2D eigenvalue weighted by Crippen LogP contribution is 2.09. The van der Waals surface area contributed by atoms with Gasteiger partial charge in [-0.25, -0.2) is 4.79 Å². The van der Waals surface area contributed by atoms with Crippen molar-refractivity contribution in [2.75, 3.05) is 0 Å². The zero-order valence-corrected chi connectivity index (χ0v) is 10.7. The number of allylic oxidation sites excluding steroid dienone is 1. The molecule has 0 aliphatic heterocycles. The first-order chi connectivity index (χ1) is 6.97. The number of rotatable bonds is 6. The highest BCUT2D eigenvalue weighted by Gasteiger charge is 2.10. The van der Waals surface area contributed by atoms with Crippen LogP contribution in [-0.2, 0) is 9.53 Å². The normalized spacial score (nSPS) is 14.1. The van der Waals surface area contributed by atoms with Crippen LogP contribution in [0.4, 0.5) is 0 Å². The van der Waals surface area contributed by atoms with Gasteiger partial charge in [-0.1, -0.05) is 39.7 Å². The Hall–Kier alpha value is -0.790. The lowest BCUT2D eigenvalue weighted by Crippen LogP contribution is -2.15. The SMILES string of the molecule is CCCCC(C)OC(=O)/C(C)=C/C(C)C. The van der Waals surface area contributed by atoms with Crippen molar-refractivity contribution in [1.29, 1.82) is 0 Å². The molecule has 2 heteroatoms. The van der Waals surface area contributed by atoms with Crippen molar-refractivity contribution < 1.29 is 9.53 Å². The van der Waals surface area contributed by atoms with Crippen LogP contribution in [0.3, 0.4) is 0 Å². The second-order valence-electron chi connectivity index (χ2n) is 4.45. The molecule has 0 fully saturated rings. The molecule has 0 aromatic heterocycles. The van der Waals surface area contributed by atoms with Crippen LogP contribution in [0.2, 0.25) is 0 Å². The van der Waals surface area contributed by atoms with Crippen molar-refractivity contribution >= 4 is 5.97 Å². The Balaban J connectivity index is 4.01. The third kappa shape index (κ3) is 7.18. The van der Waals surface area contributed by atoms with E-state index in [1.807, 2.05) is 19.9 Å². The summed E-state index contributed by atoms with van der Waals surface area (Å²) in [4.78, 5) is 11.6. The van der Waals surface area contributed by atoms with Gasteiger partial charge >= 0.3 is 5.97 Å². The molecule has 0 spiro atoms. The van der Waals surface area contributed by atoms with Gasteiger partial charge in [0.05, 0.1) is 6.10 Å². The molecule has 2 nitrogen and oxygen atoms in total. The third-order valence-electron chi connectivity index (χ3n) is 2.18. The molecule has 0 radical (unpaired) electrons. The molecule has 1 atom stereocenters. The molecule has 0 amide bonds. The Morgan fingerprint density at radius 1 is 1.33 bits per heavy atom. The molecular weight excluding hydrogens is 188 g/mol. The van der Waals surface area contributed by atoms with Crippen LogP contribution in [0.25, 0.3) is 0 Å². The zero-order chi connectivity index (χ0) is 11.8. The Bertz CT molecular complexity index is 217. The maximum atomic E-state index is 11.6. The molecule has 88 valence electrons. The van der Waals surface area contributed by atoms with Crippen molar-refractivity contribution in [1.82, 2.24) is 0 Å². The molecule has 0 heterocycles. The third-order valence-corrected chi connectivity index (χ3v) is 2.18. The molecule has 0 bridgehead atoms. The van der Waals surface area contributed by atoms with E-state index in [4.69, 9.17) is 4.74 Å². The first kappa shape index (κ1) is 14.2. The van der Waals surface area contributed by atoms with E-state index in [2.05, 4.69) is 20.8 Å². The molecule has 0 aromatic carbocycles. The maximum Gasteiger partial charge on any atom is 0.333 e. The summed E-state index contributed by atoms with van der Waals surface area (Å²) in [5.41, 5.74) is 0.716. The van der Waals surface area contributed by atoms with E-state index in [0.717, 1.165) is 19.3 Å². The molecule has 0 aliphatic carbocycles. The number of carbonyl (C=O) groups is 1. The molecule has 0 N–H and O–H groups in total. The van der Waals surface area contributed by atoms with Crippen molar-refractivity contribution in [2.45, 2.75) is 60.0 Å². The number of esters is 1. The fourth-order valence-electron chi connectivity index (χ4n) is 1.39. The highest BCUT2D eigenvalue weighted by atomic mass is 16.5. The fourth-order valence-corrected chi connectivity index (χ4v) is 1.39. The lowest BCUT2D eigenvalue weighted by Gasteiger charge is -2.13. The molecule has 0 aliphatic rings. The van der Waals surface area contributed by atoms with Gasteiger partial charge in [-0.05, 0) is 26.2 Å². The van der Waals surface area contributed by atoms with Crippen LogP contribution in [0, 0.1) is 5.92 Å². The summed E-state index contributed by atoms with van der Waals surface area (Å²) in [5.74, 6) is 0.218. The van der Waals surface area contributed by atoms with Gasteiger partial charge in [0.2, 0.25) is 0 Å². The van der Waals surface area contributed by atoms with E-state index >= 15 is 0 Å². The first-order valence-corrected chi connectivity index (χ1v) is 5.86. The minimum absolute atomic E-state index is 0.0352. The van der Waals surface area contributed by atoms with Gasteiger partial charge < -0.3 is 4.74 Å². The summed E-state index contributed by atoms with van der Waals surface area (Å²) < 4.78 is 5.31. The number of ether oxygens (including phenoxy) is 1. The molecule has 0 aromatic rings. The average Bonchev–Trinajstić information content (AvgIpc) is 2.13. The van der Waals surface area contributed by atoms with E-state index in [9.17, 15) is 4.79 Å². The lowest BCUT2D eigenvalue weighted by molar-refractivity contribution is -0.143. The summed E-state index contributed by atoms with van der Waals surface area (Å²) in [6.45, 7) is 10.0. The van der Waals surface area contributed by atoms with E-state index in [1.165, 1.54) is 0 Å². The number of unbranched alkanes of at least 4 members (excludes halogenated alkanes) is 1. The monoisotopic (exact) mass is 212 g/mol. The van der Waals surface area contributed by atoms with E-state index in [1.54, 1.807) is 0 Å². The number of hydrogen-bond donors (Lipinski definition) is 0. The van der Waals surface area contributed by atoms with Crippen LogP contribution < -0.4 is 0 Å². The van der Waals surface area contributed by atoms with Gasteiger partial charge in [-0.3, -0.25) is 0 Å². The van der Waals surface area contributed by atoms with E-state index in [-0.39, 0.29) is 12.1 Å². The van der Waals surface area contributed by atoms with Crippen LogP contribution in [0.1, 0.15) is 53.9 Å². The van der Waals surface area contributed by atoms with Crippen LogP contribution >= 0.6 is 0 Å². The number of carbonyl (C=O) groups excluding carboxylic acids is 1. The molecule has 15 heavy (non-hydrogen) atoms. The maximum absolute atomic E-state index is 11.6. The summed E-state index contributed by atoms with van der Waals surface area (Å²) in [7, 11) is 0. The second-order valence-corrected chi connectivity index (χ2v) is 4.45. The molecule has 0 saturated heterocycles. The quantitative estimate of drug-likeness (QED) is 0.495. The van der Waals surface area contributed by atoms with Crippen molar-refractivity contribution in [3.8, 4) is 0 Å². The summed E-state index contributed by atoms with van der Waals surface area (Å²) in [5, 5.41) is 0. The minimum Gasteiger partial charge on any atom is -0.459 e. The minimum atomic E-state index is -0.174. The molecule has 1 unspecified atom stereocenters. The van der Waals surface area contributed by atoms with Crippen LogP contribution in [0.5, 0.6) is 0 Å². The largest absolute Gasteiger partial charge is 0.459 e. The van der Waals surface area contributed by atoms with Gasteiger partial charge in [0.25, 0.3) is 0 Å². The predicted molar refractivity (Wildman–Crippen MR) is 63.7 cm³/mol. The topological polar surface area (TPSA) is 26.3 Å². The zero-order valence-electron chi connectivity index (χ0n) is 10.7. The molecular formula is C13H24O2. The van der Waals surface area contributed by atoms with Crippen molar-refractivity contribution in [2.24, 2.45) is 5.92 Å². The molecule has 0 rings (SSSR count). The summed E-state index contributed by atoms with van der Waals surface area (Å²) >= 11 is 0. The van der Waals surface area contributed by atoms with Crippen molar-refractivity contribution in [3.63, 3.8) is 0 Å². The Morgan fingerprint density at radius 3 is 2.40 bits per heavy atom. The first-order valence-electron chi connectivity index (χ1n) is 5.86. The van der Waals surface area contributed by atoms with Gasteiger partial charge in [0.15, 0.2) is 0 Å². The lowest BCUT2D eigenvalue weighted by atomic mass is 10.1. The van der Waals surface area contributed by atoms with Crippen LogP contribution in [0.15, 0.2) is 11.6 Å². The van der Waals surface area contributed by atoms with Gasteiger partial charge in [0, 0.05) is 5.57 Å². The highest BCUT2D eigenvalue weighted by molar-refractivity contribution is 5.87. The van der Waals surface area contributed by atoms with Crippen LogP contribution in [-0.4, -0.2) is 12.1 Å². The van der Waals surface area contributed by atoms with E-state index in [0.29, 0.717) is 11.5 Å². The van der Waals surface area contributed by atoms with E-state index < -0.39 is 0 Å². The molecule has 0 saturated carbocycles. The Labute approximate surface area is 93.7 Å². The Kier molecular flexibility index (Phi) is 7.10. The van der Waals surface area contributed by atoms with Gasteiger partial charge in [0.1, 0.15) is 0 Å². The smallest absolute Gasteiger partial charge is 0.333 e. The summed E-state index contributed by atoms with van der Waals surface area (Å²) in [6, 6.07) is 0. The van der Waals surface area contributed by atoms with Gasteiger partial charge in [-0.2, -0.15) is 0 Å². The second kappa shape index (κ2) is 7.49. The predicted octanol–water partition coefficient (Wildman–Crippen LogP) is 3.71. The number of hydrogen-bond acceptors (Lipinski definition) is 2.